The molecule has 0 amide bonds. The van der Waals surface area contributed by atoms with E-state index in [2.05, 4.69) is 32.0 Å². The van der Waals surface area contributed by atoms with Crippen LogP contribution in [0, 0.1) is 5.92 Å². The summed E-state index contributed by atoms with van der Waals surface area (Å²) in [5.74, 6) is 0.473. The van der Waals surface area contributed by atoms with Gasteiger partial charge in [0.25, 0.3) is 0 Å². The third-order valence-electron chi connectivity index (χ3n) is 3.45. The first-order valence-corrected chi connectivity index (χ1v) is 7.27. The highest BCUT2D eigenvalue weighted by molar-refractivity contribution is 6.35. The van der Waals surface area contributed by atoms with Gasteiger partial charge in [-0.2, -0.15) is 0 Å². The van der Waals surface area contributed by atoms with Crippen LogP contribution in [-0.2, 0) is 0 Å². The van der Waals surface area contributed by atoms with Gasteiger partial charge in [0.1, 0.15) is 0 Å². The third-order valence-corrected chi connectivity index (χ3v) is 4.44. The van der Waals surface area contributed by atoms with Crippen molar-refractivity contribution in [2.24, 2.45) is 5.92 Å². The fourth-order valence-corrected chi connectivity index (χ4v) is 2.98. The van der Waals surface area contributed by atoms with Crippen LogP contribution >= 0.6 is 23.2 Å². The van der Waals surface area contributed by atoms with Crippen LogP contribution < -0.4 is 0 Å². The van der Waals surface area contributed by atoms with Crippen LogP contribution in [0.15, 0.2) is 36.4 Å². The second-order valence-electron chi connectivity index (χ2n) is 4.85. The van der Waals surface area contributed by atoms with E-state index in [1.165, 1.54) is 10.9 Å². The molecule has 2 atom stereocenters. The number of halogens is 2. The summed E-state index contributed by atoms with van der Waals surface area (Å²) in [5, 5.41) is 3.10. The molecule has 0 fully saturated rings. The van der Waals surface area contributed by atoms with Crippen LogP contribution in [-0.4, -0.2) is 0 Å². The summed E-state index contributed by atoms with van der Waals surface area (Å²) in [4.78, 5) is 0. The lowest BCUT2D eigenvalue weighted by molar-refractivity contribution is 0.509. The lowest BCUT2D eigenvalue weighted by Crippen LogP contribution is -2.04. The van der Waals surface area contributed by atoms with Crippen molar-refractivity contribution in [2.45, 2.75) is 32.1 Å². The minimum atomic E-state index is 0.0483. The SMILES string of the molecule is CCCC(C)C(Cl)c1ccc(Cl)c2ccccc12. The Hall–Kier alpha value is -0.720. The molecule has 2 aromatic rings. The van der Waals surface area contributed by atoms with Crippen molar-refractivity contribution < 1.29 is 0 Å². The maximum atomic E-state index is 6.62. The van der Waals surface area contributed by atoms with E-state index >= 15 is 0 Å². The van der Waals surface area contributed by atoms with Crippen LogP contribution in [0.25, 0.3) is 10.8 Å². The topological polar surface area (TPSA) is 0 Å². The molecule has 0 bridgehead atoms. The molecule has 0 aliphatic carbocycles. The van der Waals surface area contributed by atoms with Gasteiger partial charge < -0.3 is 0 Å². The van der Waals surface area contributed by atoms with Gasteiger partial charge in [-0.1, -0.05) is 62.2 Å². The van der Waals surface area contributed by atoms with Crippen molar-refractivity contribution in [3.8, 4) is 0 Å². The average molecular weight is 281 g/mol. The Bertz CT molecular complexity index is 534. The Labute approximate surface area is 119 Å². The highest BCUT2D eigenvalue weighted by Gasteiger charge is 2.18. The fourth-order valence-electron chi connectivity index (χ4n) is 2.43. The first kappa shape index (κ1) is 13.7. The van der Waals surface area contributed by atoms with Gasteiger partial charge in [-0.05, 0) is 29.4 Å². The summed E-state index contributed by atoms with van der Waals surface area (Å²) in [7, 11) is 0. The Kier molecular flexibility index (Phi) is 4.53. The molecule has 0 saturated carbocycles. The van der Waals surface area contributed by atoms with Crippen LogP contribution in [0.3, 0.4) is 0 Å². The Morgan fingerprint density at radius 3 is 2.39 bits per heavy atom. The number of fused-ring (bicyclic) bond motifs is 1. The molecule has 0 aliphatic rings. The molecule has 0 saturated heterocycles. The molecule has 2 heteroatoms. The molecule has 0 heterocycles. The minimum Gasteiger partial charge on any atom is -0.118 e. The zero-order valence-corrected chi connectivity index (χ0v) is 12.3. The Morgan fingerprint density at radius 2 is 1.72 bits per heavy atom. The standard InChI is InChI=1S/C16H18Cl2/c1-3-6-11(2)16(18)14-9-10-15(17)13-8-5-4-7-12(13)14/h4-5,7-11,16H,3,6H2,1-2H3. The fraction of sp³-hybridized carbons (Fsp3) is 0.375. The molecular weight excluding hydrogens is 263 g/mol. The monoisotopic (exact) mass is 280 g/mol. The zero-order valence-electron chi connectivity index (χ0n) is 10.8. The number of hydrogen-bond acceptors (Lipinski definition) is 0. The van der Waals surface area contributed by atoms with E-state index in [0.29, 0.717) is 5.92 Å². The molecule has 2 rings (SSSR count). The van der Waals surface area contributed by atoms with Gasteiger partial charge in [0.2, 0.25) is 0 Å². The summed E-state index contributed by atoms with van der Waals surface area (Å²) in [6.45, 7) is 4.41. The van der Waals surface area contributed by atoms with Crippen molar-refractivity contribution in [2.75, 3.05) is 0 Å². The summed E-state index contributed by atoms with van der Waals surface area (Å²) >= 11 is 12.9. The first-order valence-electron chi connectivity index (χ1n) is 6.46. The normalized spacial score (nSPS) is 14.7. The lowest BCUT2D eigenvalue weighted by atomic mass is 9.93. The molecule has 2 unspecified atom stereocenters. The highest BCUT2D eigenvalue weighted by Crippen LogP contribution is 2.37. The maximum Gasteiger partial charge on any atom is 0.0616 e. The molecule has 0 nitrogen and oxygen atoms in total. The molecule has 0 spiro atoms. The van der Waals surface area contributed by atoms with Gasteiger partial charge >= 0.3 is 0 Å². The minimum absolute atomic E-state index is 0.0483. The number of benzene rings is 2. The second kappa shape index (κ2) is 5.95. The summed E-state index contributed by atoms with van der Waals surface area (Å²) < 4.78 is 0. The first-order chi connectivity index (χ1) is 8.65. The van der Waals surface area contributed by atoms with E-state index in [1.54, 1.807) is 0 Å². The highest BCUT2D eigenvalue weighted by atomic mass is 35.5. The Morgan fingerprint density at radius 1 is 1.06 bits per heavy atom. The van der Waals surface area contributed by atoms with Gasteiger partial charge in [-0.3, -0.25) is 0 Å². The van der Waals surface area contributed by atoms with Gasteiger partial charge in [0.15, 0.2) is 0 Å². The largest absolute Gasteiger partial charge is 0.118 e. The molecular formula is C16H18Cl2. The van der Waals surface area contributed by atoms with Crippen LogP contribution in [0.4, 0.5) is 0 Å². The number of hydrogen-bond donors (Lipinski definition) is 0. The maximum absolute atomic E-state index is 6.62. The van der Waals surface area contributed by atoms with Crippen molar-refractivity contribution in [3.63, 3.8) is 0 Å². The Balaban J connectivity index is 2.48. The molecule has 2 aromatic carbocycles. The van der Waals surface area contributed by atoms with E-state index < -0.39 is 0 Å². The molecule has 0 aromatic heterocycles. The van der Waals surface area contributed by atoms with Crippen molar-refractivity contribution in [1.29, 1.82) is 0 Å². The van der Waals surface area contributed by atoms with E-state index in [1.807, 2.05) is 18.2 Å². The van der Waals surface area contributed by atoms with E-state index in [0.717, 1.165) is 23.3 Å². The molecule has 96 valence electrons. The predicted molar refractivity (Wildman–Crippen MR) is 81.6 cm³/mol. The average Bonchev–Trinajstić information content (AvgIpc) is 2.39. The number of rotatable bonds is 4. The van der Waals surface area contributed by atoms with E-state index in [9.17, 15) is 0 Å². The molecule has 0 N–H and O–H groups in total. The number of alkyl halides is 1. The van der Waals surface area contributed by atoms with Crippen molar-refractivity contribution in [1.82, 2.24) is 0 Å². The predicted octanol–water partition coefficient (Wildman–Crippen LogP) is 6.21. The molecule has 18 heavy (non-hydrogen) atoms. The van der Waals surface area contributed by atoms with Crippen LogP contribution in [0.1, 0.15) is 37.6 Å². The van der Waals surface area contributed by atoms with Gasteiger partial charge in [-0.15, -0.1) is 11.6 Å². The van der Waals surface area contributed by atoms with Crippen molar-refractivity contribution in [3.05, 3.63) is 47.0 Å². The van der Waals surface area contributed by atoms with Crippen molar-refractivity contribution >= 4 is 34.0 Å². The molecule has 0 aliphatic heterocycles. The summed E-state index contributed by atoms with van der Waals surface area (Å²) in [6.07, 6.45) is 2.31. The summed E-state index contributed by atoms with van der Waals surface area (Å²) in [5.41, 5.74) is 1.19. The van der Waals surface area contributed by atoms with Gasteiger partial charge in [0, 0.05) is 10.4 Å². The second-order valence-corrected chi connectivity index (χ2v) is 5.73. The quantitative estimate of drug-likeness (QED) is 0.584. The van der Waals surface area contributed by atoms with Crippen LogP contribution in [0.2, 0.25) is 5.02 Å². The molecule has 0 radical (unpaired) electrons. The smallest absolute Gasteiger partial charge is 0.0616 e. The third kappa shape index (κ3) is 2.65. The van der Waals surface area contributed by atoms with E-state index in [-0.39, 0.29) is 5.38 Å². The van der Waals surface area contributed by atoms with Crippen LogP contribution in [0.5, 0.6) is 0 Å². The van der Waals surface area contributed by atoms with Gasteiger partial charge in [0.05, 0.1) is 5.38 Å². The zero-order chi connectivity index (χ0) is 13.1. The lowest BCUT2D eigenvalue weighted by Gasteiger charge is -2.19. The van der Waals surface area contributed by atoms with Gasteiger partial charge in [-0.25, -0.2) is 0 Å². The van der Waals surface area contributed by atoms with E-state index in [4.69, 9.17) is 23.2 Å². The summed E-state index contributed by atoms with van der Waals surface area (Å²) in [6, 6.07) is 12.2.